The summed E-state index contributed by atoms with van der Waals surface area (Å²) in [5.74, 6) is -3.06. The summed E-state index contributed by atoms with van der Waals surface area (Å²) in [6.07, 6.45) is 8.64. The molecule has 12 heteroatoms. The predicted molar refractivity (Wildman–Crippen MR) is 403 cm³/mol. The first-order valence-corrected chi connectivity index (χ1v) is 31.8. The molecule has 0 spiro atoms. The van der Waals surface area contributed by atoms with Crippen molar-refractivity contribution in [1.82, 2.24) is 44.9 Å². The van der Waals surface area contributed by atoms with Gasteiger partial charge in [-0.15, -0.1) is 215 Å². The zero-order valence-corrected chi connectivity index (χ0v) is 63.1. The van der Waals surface area contributed by atoms with Crippen LogP contribution in [0.25, 0.3) is 101 Å². The molecule has 0 aliphatic carbocycles. The van der Waals surface area contributed by atoms with Crippen molar-refractivity contribution in [3.63, 3.8) is 0 Å². The molecule has 513 valence electrons. The molecule has 9 heterocycles. The molecule has 1 atom stereocenters. The van der Waals surface area contributed by atoms with Crippen molar-refractivity contribution in [1.29, 1.82) is 0 Å². The third-order valence-corrected chi connectivity index (χ3v) is 14.3. The summed E-state index contributed by atoms with van der Waals surface area (Å²) >= 11 is 0. The number of hydrogen-bond donors (Lipinski definition) is 0. The summed E-state index contributed by atoms with van der Waals surface area (Å²) in [4.78, 5) is 39.3. The van der Waals surface area contributed by atoms with Gasteiger partial charge in [0.2, 0.25) is 0 Å². The van der Waals surface area contributed by atoms with Crippen molar-refractivity contribution in [3.05, 3.63) is 382 Å². The van der Waals surface area contributed by atoms with Gasteiger partial charge in [-0.3, -0.25) is 15.0 Å². The van der Waals surface area contributed by atoms with Crippen LogP contribution in [0.5, 0.6) is 0 Å². The van der Waals surface area contributed by atoms with Gasteiger partial charge in [0.1, 0.15) is 0 Å². The van der Waals surface area contributed by atoms with Crippen molar-refractivity contribution in [3.8, 4) is 101 Å². The monoisotopic (exact) mass is 1870 g/mol. The normalized spacial score (nSPS) is 12.5. The Labute approximate surface area is 656 Å². The van der Waals surface area contributed by atoms with Crippen molar-refractivity contribution >= 4 is 0 Å². The van der Waals surface area contributed by atoms with Crippen LogP contribution in [0, 0.1) is 42.3 Å². The largest absolute Gasteiger partial charge is 0.305 e. The fourth-order valence-electron chi connectivity index (χ4n) is 9.46. The van der Waals surface area contributed by atoms with Crippen LogP contribution in [0.2, 0.25) is 0 Å². The Balaban J connectivity index is 0.000000191. The van der Waals surface area contributed by atoms with E-state index in [0.717, 1.165) is 89.9 Å². The van der Waals surface area contributed by atoms with Crippen molar-refractivity contribution in [2.75, 3.05) is 0 Å². The van der Waals surface area contributed by atoms with E-state index in [1.54, 1.807) is 87.4 Å². The molecule has 15 rings (SSSR count). The SMILES string of the molecule is [2H]C(C)(C)C([2H])([2H])c1cccc(-c2ccc(-c3[c-]cccc3)nc2)n1.[2H]C([2H])([2H])C([2H])(C)c1cccc(-c2ccc(-c3[c-]cccc3)nc2)n1.[2H]C([2H])([2H])Cc1cccc(-c2ccc(-c3[c-]cccc3)nc2)n1.[Ir].[Ir].[Ir].[c-]1ccccc1-c1ccccn1.[c-]1ccccc1-c1ccccn1.[c-]1ccccc1-c1ccccn1. The Kier molecular flexibility index (Phi) is 27.6. The molecule has 9 nitrogen and oxygen atoms in total. The summed E-state index contributed by atoms with van der Waals surface area (Å²) in [6.45, 7) is -0.0123. The second-order valence-electron chi connectivity index (χ2n) is 21.9. The van der Waals surface area contributed by atoms with Gasteiger partial charge >= 0.3 is 0 Å². The summed E-state index contributed by atoms with van der Waals surface area (Å²) in [5.41, 5.74) is 16.7. The molecule has 0 saturated heterocycles. The molecule has 102 heavy (non-hydrogen) atoms. The molecule has 3 radical (unpaired) electrons. The number of pyridine rings is 9. The first kappa shape index (κ1) is 65.0. The van der Waals surface area contributed by atoms with Gasteiger partial charge < -0.3 is 29.9 Å². The van der Waals surface area contributed by atoms with Crippen molar-refractivity contribution < 1.29 is 74.0 Å². The second-order valence-corrected chi connectivity index (χ2v) is 21.9. The van der Waals surface area contributed by atoms with Gasteiger partial charge in [-0.2, -0.15) is 0 Å². The number of aromatic nitrogens is 9. The van der Waals surface area contributed by atoms with Crippen LogP contribution in [-0.4, -0.2) is 44.9 Å². The van der Waals surface area contributed by atoms with Gasteiger partial charge in [-0.25, -0.2) is 0 Å². The Hall–Kier alpha value is -10.4. The predicted octanol–water partition coefficient (Wildman–Crippen LogP) is 21.4. The number of nitrogens with zero attached hydrogens (tertiary/aromatic N) is 9. The molecule has 0 amide bonds. The minimum absolute atomic E-state index is 0. The van der Waals surface area contributed by atoms with Gasteiger partial charge in [0.25, 0.3) is 0 Å². The fraction of sp³-hybridized carbons (Fsp3) is 0.100. The summed E-state index contributed by atoms with van der Waals surface area (Å²) in [5, 5.41) is 0. The molecule has 0 saturated carbocycles. The number of aryl methyl sites for hydroxylation is 1. The Bertz CT molecular complexity index is 4760. The summed E-state index contributed by atoms with van der Waals surface area (Å²) in [6, 6.07) is 110. The third kappa shape index (κ3) is 25.0. The fourth-order valence-corrected chi connectivity index (χ4v) is 9.46. The Morgan fingerprint density at radius 2 is 0.618 bits per heavy atom. The van der Waals surface area contributed by atoms with E-state index in [1.807, 2.05) is 255 Å². The van der Waals surface area contributed by atoms with Gasteiger partial charge in [0.15, 0.2) is 0 Å². The first-order valence-electron chi connectivity index (χ1n) is 36.8. The van der Waals surface area contributed by atoms with Gasteiger partial charge in [-0.1, -0.05) is 125 Å². The van der Waals surface area contributed by atoms with E-state index in [9.17, 15) is 0 Å². The van der Waals surface area contributed by atoms with Gasteiger partial charge in [-0.05, 0) is 113 Å². The molecule has 0 aliphatic heterocycles. The summed E-state index contributed by atoms with van der Waals surface area (Å²) < 4.78 is 77.4. The van der Waals surface area contributed by atoms with Crippen LogP contribution in [0.15, 0.2) is 328 Å². The average molecular weight is 1870 g/mol. The zero-order valence-electron chi connectivity index (χ0n) is 65.9. The maximum Gasteiger partial charge on any atom is 0.0720 e. The molecule has 0 fully saturated rings. The number of benzene rings is 6. The molecular formula is C90H75Ir3N9-6. The minimum atomic E-state index is -2.45. The smallest absolute Gasteiger partial charge is 0.0720 e. The number of hydrogen-bond acceptors (Lipinski definition) is 9. The molecule has 6 aromatic carbocycles. The minimum Gasteiger partial charge on any atom is -0.305 e. The van der Waals surface area contributed by atoms with Crippen LogP contribution in [0.4, 0.5) is 0 Å². The first-order chi connectivity index (χ1) is 52.5. The standard InChI is InChI=1S/C20H19N2.C19H17N2.C18H15N2.3C11H8N.3Ir/c1-15(2)13-18-9-6-10-20(22-18)17-11-12-19(21-14-17)16-7-4-3-5-8-16;1-14(2)17-9-6-10-19(21-17)16-11-12-18(20-13-16)15-7-4-3-5-8-15;1-2-16-9-6-10-18(20-16)15-11-12-17(19-13-15)14-7-4-3-5-8-14;3*1-2-6-10(7-3-1)11-8-4-5-9-12-11;;;/h3-7,9-12,14-15H,13H2,1-2H3;3-7,9-14H,1-2H3;3-7,9-13H,2H2,1H3;3*1-6,8-9H;;;/q6*-1;;;/i13D2,15D;1D3,14D;1D3;;;;;;. The van der Waals surface area contributed by atoms with Crippen molar-refractivity contribution in [2.45, 2.75) is 53.2 Å². The number of rotatable bonds is 13. The molecule has 0 aliphatic rings. The van der Waals surface area contributed by atoms with E-state index >= 15 is 0 Å². The van der Waals surface area contributed by atoms with E-state index in [0.29, 0.717) is 17.1 Å². The Morgan fingerprint density at radius 3 is 0.902 bits per heavy atom. The summed E-state index contributed by atoms with van der Waals surface area (Å²) in [7, 11) is 0. The molecule has 15 aromatic rings. The van der Waals surface area contributed by atoms with E-state index in [2.05, 4.69) is 81.3 Å². The van der Waals surface area contributed by atoms with Crippen LogP contribution in [0.1, 0.15) is 71.2 Å². The van der Waals surface area contributed by atoms with E-state index in [1.165, 1.54) is 6.92 Å². The zero-order chi connectivity index (χ0) is 77.1. The van der Waals surface area contributed by atoms with Gasteiger partial charge in [0, 0.05) is 145 Å². The maximum atomic E-state index is 8.22. The van der Waals surface area contributed by atoms with Crippen LogP contribution >= 0.6 is 0 Å². The van der Waals surface area contributed by atoms with Crippen LogP contribution in [0.3, 0.4) is 0 Å². The van der Waals surface area contributed by atoms with Gasteiger partial charge in [0.05, 0.1) is 17.1 Å². The topological polar surface area (TPSA) is 116 Å². The maximum absolute atomic E-state index is 8.22. The molecule has 0 bridgehead atoms. The molecule has 0 N–H and O–H groups in total. The van der Waals surface area contributed by atoms with E-state index in [-0.39, 0.29) is 78.1 Å². The third-order valence-electron chi connectivity index (χ3n) is 14.3. The molecule has 1 unspecified atom stereocenters. The van der Waals surface area contributed by atoms with Crippen LogP contribution in [-0.2, 0) is 73.1 Å². The van der Waals surface area contributed by atoms with Crippen LogP contribution < -0.4 is 0 Å². The van der Waals surface area contributed by atoms with E-state index in [4.69, 9.17) is 13.7 Å². The van der Waals surface area contributed by atoms with E-state index < -0.39 is 31.9 Å². The molecular weight excluding hydrogens is 1780 g/mol. The second kappa shape index (κ2) is 43.3. The van der Waals surface area contributed by atoms with Crippen molar-refractivity contribution in [2.24, 2.45) is 5.89 Å². The Morgan fingerprint density at radius 1 is 0.314 bits per heavy atom. The average Bonchev–Trinajstić information content (AvgIpc) is 0.791. The molecule has 9 aromatic heterocycles. The quantitative estimate of drug-likeness (QED) is 0.104.